The molecular weight excluding hydrogens is 219 g/mol. The third-order valence-corrected chi connectivity index (χ3v) is 1.30. The number of hydrogen-bond acceptors (Lipinski definition) is 0. The fourth-order valence-corrected chi connectivity index (χ4v) is 0.659. The number of hydrogen-bond donors (Lipinski definition) is 0. The van der Waals surface area contributed by atoms with Gasteiger partial charge in [-0.25, -0.2) is 4.39 Å². The first kappa shape index (κ1) is 13.8. The van der Waals surface area contributed by atoms with Crippen molar-refractivity contribution >= 4 is 23.1 Å². The van der Waals surface area contributed by atoms with Crippen molar-refractivity contribution in [1.82, 2.24) is 0 Å². The zero-order valence-corrected chi connectivity index (χ0v) is 9.40. The molecule has 3 heteroatoms. The van der Waals surface area contributed by atoms with E-state index in [9.17, 15) is 4.39 Å². The average molecular weight is 227 g/mol. The molecule has 1 aromatic rings. The molecule has 0 aliphatic rings. The number of benzene rings is 1. The molecule has 0 heterocycles. The summed E-state index contributed by atoms with van der Waals surface area (Å²) in [7, 11) is 0. The maximum Gasteiger partial charge on any atom is 2.00 e. The van der Waals surface area contributed by atoms with Gasteiger partial charge in [-0.3, -0.25) is 0 Å². The van der Waals surface area contributed by atoms with Crippen LogP contribution in [0.3, 0.4) is 0 Å². The fourth-order valence-electron chi connectivity index (χ4n) is 0.659. The summed E-state index contributed by atoms with van der Waals surface area (Å²) in [6.45, 7) is 5.53. The normalized spacial score (nSPS) is 7.82. The van der Waals surface area contributed by atoms with Crippen LogP contribution in [-0.4, -0.2) is 23.1 Å². The van der Waals surface area contributed by atoms with E-state index in [1.54, 1.807) is 6.07 Å². The average Bonchev–Trinajstić information content (AvgIpc) is 1.80. The summed E-state index contributed by atoms with van der Waals surface area (Å²) in [5.74, 6) is -0.195. The van der Waals surface area contributed by atoms with Crippen molar-refractivity contribution in [2.45, 2.75) is 6.92 Å². The van der Waals surface area contributed by atoms with Crippen molar-refractivity contribution in [3.63, 3.8) is 0 Å². The fraction of sp³-hybridized carbons (Fsp3) is 0.125. The van der Waals surface area contributed by atoms with Crippen LogP contribution in [0.2, 0.25) is 0 Å². The van der Waals surface area contributed by atoms with Gasteiger partial charge in [0.2, 0.25) is 0 Å². The molecule has 0 bridgehead atoms. The van der Waals surface area contributed by atoms with E-state index in [0.717, 1.165) is 11.1 Å². The van der Waals surface area contributed by atoms with Gasteiger partial charge >= 0.3 is 23.1 Å². The zero-order chi connectivity index (χ0) is 6.85. The molecule has 0 spiro atoms. The minimum Gasteiger partial charge on any atom is -1.00 e. The van der Waals surface area contributed by atoms with E-state index < -0.39 is 0 Å². The molecule has 0 aromatic heterocycles. The maximum atomic E-state index is 12.3. The van der Waals surface area contributed by atoms with Crippen LogP contribution in [-0.2, 0) is 0 Å². The predicted octanol–water partition coefficient (Wildman–Crippen LogP) is -1.06. The monoisotopic (exact) mass is 226 g/mol. The van der Waals surface area contributed by atoms with Crippen LogP contribution < -0.4 is 17.0 Å². The van der Waals surface area contributed by atoms with Gasteiger partial charge in [0.15, 0.2) is 0 Å². The van der Waals surface area contributed by atoms with Crippen molar-refractivity contribution in [1.29, 1.82) is 0 Å². The van der Waals surface area contributed by atoms with Crippen molar-refractivity contribution in [3.8, 4) is 0 Å². The number of aryl methyl sites for hydroxylation is 1. The van der Waals surface area contributed by atoms with Gasteiger partial charge in [0.1, 0.15) is 0 Å². The smallest absolute Gasteiger partial charge is 1.00 e. The molecule has 0 amide bonds. The van der Waals surface area contributed by atoms with Gasteiger partial charge in [-0.05, 0) is 0 Å². The van der Waals surface area contributed by atoms with Crippen LogP contribution in [0.5, 0.6) is 0 Å². The van der Waals surface area contributed by atoms with Crippen LogP contribution in [0, 0.1) is 19.7 Å². The molecule has 0 radical (unpaired) electrons. The second-order valence-corrected chi connectivity index (χ2v) is 2.07. The van der Waals surface area contributed by atoms with Gasteiger partial charge in [0.25, 0.3) is 0 Å². The molecule has 0 nitrogen and oxygen atoms in total. The summed E-state index contributed by atoms with van der Waals surface area (Å²) in [6.07, 6.45) is 0. The number of rotatable bonds is 0. The van der Waals surface area contributed by atoms with Crippen LogP contribution in [0.1, 0.15) is 11.1 Å². The largest absolute Gasteiger partial charge is 2.00 e. The standard InChI is InChI=1S/C8H8F.BrH.Mg/c1-6-3-4-8(9)5-7(6)2;;/h3-5H,1H2,2H3;1H;/q-1;;+2/p-1. The van der Waals surface area contributed by atoms with Crippen molar-refractivity contribution < 1.29 is 21.4 Å². The maximum absolute atomic E-state index is 12.3. The zero-order valence-electron chi connectivity index (χ0n) is 6.40. The van der Waals surface area contributed by atoms with E-state index in [-0.39, 0.29) is 45.9 Å². The van der Waals surface area contributed by atoms with Crippen LogP contribution >= 0.6 is 0 Å². The Labute approximate surface area is 93.1 Å². The van der Waals surface area contributed by atoms with E-state index in [1.165, 1.54) is 12.1 Å². The summed E-state index contributed by atoms with van der Waals surface area (Å²) in [4.78, 5) is 0. The molecule has 0 unspecified atom stereocenters. The molecule has 0 aliphatic heterocycles. The molecule has 1 aromatic carbocycles. The Balaban J connectivity index is 0. The second kappa shape index (κ2) is 5.86. The first-order valence-corrected chi connectivity index (χ1v) is 2.78. The Hall–Kier alpha value is 0.266. The van der Waals surface area contributed by atoms with Crippen molar-refractivity contribution in [2.24, 2.45) is 0 Å². The summed E-state index contributed by atoms with van der Waals surface area (Å²) in [5.41, 5.74) is 1.78. The topological polar surface area (TPSA) is 0 Å². The molecule has 0 saturated heterocycles. The molecule has 0 N–H and O–H groups in total. The Morgan fingerprint density at radius 1 is 1.36 bits per heavy atom. The molecule has 0 saturated carbocycles. The second-order valence-electron chi connectivity index (χ2n) is 2.07. The quantitative estimate of drug-likeness (QED) is 0.391. The van der Waals surface area contributed by atoms with Gasteiger partial charge in [-0.1, -0.05) is 19.1 Å². The SMILES string of the molecule is [Br-].[CH2-]c1ccc(F)cc1C.[Mg+2]. The predicted molar refractivity (Wildman–Crippen MR) is 41.4 cm³/mol. The van der Waals surface area contributed by atoms with E-state index in [1.807, 2.05) is 6.92 Å². The Kier molecular flexibility index (Phi) is 7.37. The first-order valence-electron chi connectivity index (χ1n) is 2.78. The first-order chi connectivity index (χ1) is 4.20. The van der Waals surface area contributed by atoms with Gasteiger partial charge in [0, 0.05) is 0 Å². The van der Waals surface area contributed by atoms with E-state index in [0.29, 0.717) is 0 Å². The third-order valence-electron chi connectivity index (χ3n) is 1.30. The minimum absolute atomic E-state index is 0. The van der Waals surface area contributed by atoms with E-state index >= 15 is 0 Å². The van der Waals surface area contributed by atoms with E-state index in [2.05, 4.69) is 6.92 Å². The summed E-state index contributed by atoms with van der Waals surface area (Å²) >= 11 is 0. The molecule has 0 aliphatic carbocycles. The van der Waals surface area contributed by atoms with Gasteiger partial charge in [-0.15, -0.1) is 5.56 Å². The Morgan fingerprint density at radius 2 is 1.91 bits per heavy atom. The Morgan fingerprint density at radius 3 is 2.27 bits per heavy atom. The Bertz CT molecular complexity index is 225. The molecular formula is C8H8BrFMg. The van der Waals surface area contributed by atoms with E-state index in [4.69, 9.17) is 0 Å². The molecule has 11 heavy (non-hydrogen) atoms. The van der Waals surface area contributed by atoms with Gasteiger partial charge in [0.05, 0.1) is 5.82 Å². The van der Waals surface area contributed by atoms with Crippen LogP contribution in [0.4, 0.5) is 4.39 Å². The van der Waals surface area contributed by atoms with Crippen LogP contribution in [0.15, 0.2) is 18.2 Å². The summed E-state index contributed by atoms with van der Waals surface area (Å²) < 4.78 is 12.3. The van der Waals surface area contributed by atoms with Gasteiger partial charge < -0.3 is 17.0 Å². The molecule has 56 valence electrons. The van der Waals surface area contributed by atoms with Crippen molar-refractivity contribution in [2.75, 3.05) is 0 Å². The summed E-state index contributed by atoms with van der Waals surface area (Å²) in [5, 5.41) is 0. The number of halogens is 2. The minimum atomic E-state index is -0.195. The summed E-state index contributed by atoms with van der Waals surface area (Å²) in [6, 6.07) is 4.56. The van der Waals surface area contributed by atoms with Gasteiger partial charge in [-0.2, -0.15) is 18.6 Å². The molecule has 0 atom stereocenters. The molecule has 1 rings (SSSR count). The molecule has 0 fully saturated rings. The van der Waals surface area contributed by atoms with Crippen molar-refractivity contribution in [3.05, 3.63) is 42.1 Å². The third kappa shape index (κ3) is 3.99. The van der Waals surface area contributed by atoms with Crippen LogP contribution in [0.25, 0.3) is 0 Å².